The molecule has 1 rings (SSSR count). The Bertz CT molecular complexity index is 302. The SMILES string of the molecule is C=CC=C.C=CCc1ncc(C)n1C. The molecule has 14 heavy (non-hydrogen) atoms. The lowest BCUT2D eigenvalue weighted by molar-refractivity contribution is 0.804. The van der Waals surface area contributed by atoms with Crippen molar-refractivity contribution in [3.8, 4) is 0 Å². The lowest BCUT2D eigenvalue weighted by Gasteiger charge is -1.98. The van der Waals surface area contributed by atoms with E-state index in [9.17, 15) is 0 Å². The van der Waals surface area contributed by atoms with Gasteiger partial charge in [0.05, 0.1) is 0 Å². The summed E-state index contributed by atoms with van der Waals surface area (Å²) in [6, 6.07) is 0. The van der Waals surface area contributed by atoms with Crippen molar-refractivity contribution >= 4 is 0 Å². The van der Waals surface area contributed by atoms with Gasteiger partial charge in [0.15, 0.2) is 0 Å². The fraction of sp³-hybridized carbons (Fsp3) is 0.250. The first-order valence-corrected chi connectivity index (χ1v) is 4.48. The lowest BCUT2D eigenvalue weighted by Crippen LogP contribution is -1.97. The molecule has 0 aliphatic heterocycles. The molecule has 2 nitrogen and oxygen atoms in total. The largest absolute Gasteiger partial charge is 0.335 e. The number of hydrogen-bond donors (Lipinski definition) is 0. The molecule has 0 radical (unpaired) electrons. The van der Waals surface area contributed by atoms with Crippen LogP contribution in [-0.2, 0) is 13.5 Å². The van der Waals surface area contributed by atoms with E-state index in [2.05, 4.69) is 29.3 Å². The molecule has 0 saturated heterocycles. The summed E-state index contributed by atoms with van der Waals surface area (Å²) in [5, 5.41) is 0. The third-order valence-electron chi connectivity index (χ3n) is 1.81. The Morgan fingerprint density at radius 3 is 2.21 bits per heavy atom. The van der Waals surface area contributed by atoms with Crippen molar-refractivity contribution in [1.82, 2.24) is 9.55 Å². The molecular weight excluding hydrogens is 172 g/mol. The van der Waals surface area contributed by atoms with Gasteiger partial charge in [0, 0.05) is 25.4 Å². The highest BCUT2D eigenvalue weighted by atomic mass is 15.0. The number of aryl methyl sites for hydroxylation is 1. The van der Waals surface area contributed by atoms with E-state index in [1.165, 1.54) is 5.69 Å². The average molecular weight is 190 g/mol. The van der Waals surface area contributed by atoms with E-state index in [0.29, 0.717) is 0 Å². The summed E-state index contributed by atoms with van der Waals surface area (Å²) < 4.78 is 2.07. The van der Waals surface area contributed by atoms with Gasteiger partial charge in [0.1, 0.15) is 5.82 Å². The molecule has 0 amide bonds. The van der Waals surface area contributed by atoms with Gasteiger partial charge in [-0.2, -0.15) is 0 Å². The van der Waals surface area contributed by atoms with Crippen LogP contribution in [-0.4, -0.2) is 9.55 Å². The second kappa shape index (κ2) is 6.89. The van der Waals surface area contributed by atoms with Gasteiger partial charge in [-0.15, -0.1) is 6.58 Å². The van der Waals surface area contributed by atoms with E-state index in [4.69, 9.17) is 0 Å². The molecule has 0 spiro atoms. The third-order valence-corrected chi connectivity index (χ3v) is 1.81. The van der Waals surface area contributed by atoms with Crippen molar-refractivity contribution in [1.29, 1.82) is 0 Å². The highest BCUT2D eigenvalue weighted by Crippen LogP contribution is 2.01. The topological polar surface area (TPSA) is 17.8 Å². The maximum Gasteiger partial charge on any atom is 0.112 e. The second-order valence-corrected chi connectivity index (χ2v) is 2.84. The van der Waals surface area contributed by atoms with Gasteiger partial charge in [-0.05, 0) is 6.92 Å². The first kappa shape index (κ1) is 12.4. The van der Waals surface area contributed by atoms with Crippen LogP contribution >= 0.6 is 0 Å². The zero-order chi connectivity index (χ0) is 11.0. The molecule has 0 atom stereocenters. The number of rotatable bonds is 3. The lowest BCUT2D eigenvalue weighted by atomic mass is 10.4. The highest BCUT2D eigenvalue weighted by Gasteiger charge is 1.98. The van der Waals surface area contributed by atoms with E-state index < -0.39 is 0 Å². The Labute approximate surface area is 86.3 Å². The molecular formula is C12H18N2. The summed E-state index contributed by atoms with van der Waals surface area (Å²) in [5.74, 6) is 1.08. The molecule has 2 heteroatoms. The molecule has 0 aromatic carbocycles. The summed E-state index contributed by atoms with van der Waals surface area (Å²) >= 11 is 0. The van der Waals surface area contributed by atoms with E-state index in [-0.39, 0.29) is 0 Å². The van der Waals surface area contributed by atoms with E-state index in [0.717, 1.165) is 12.2 Å². The zero-order valence-electron chi connectivity index (χ0n) is 9.03. The fourth-order valence-electron chi connectivity index (χ4n) is 0.863. The van der Waals surface area contributed by atoms with Crippen molar-refractivity contribution in [3.05, 3.63) is 55.7 Å². The first-order chi connectivity index (χ1) is 6.67. The maximum atomic E-state index is 4.20. The van der Waals surface area contributed by atoms with E-state index >= 15 is 0 Å². The van der Waals surface area contributed by atoms with E-state index in [1.807, 2.05) is 26.2 Å². The molecule has 0 saturated carbocycles. The van der Waals surface area contributed by atoms with Gasteiger partial charge in [0.25, 0.3) is 0 Å². The smallest absolute Gasteiger partial charge is 0.112 e. The molecule has 1 aromatic heterocycles. The van der Waals surface area contributed by atoms with Gasteiger partial charge >= 0.3 is 0 Å². The molecule has 1 heterocycles. The Kier molecular flexibility index (Phi) is 6.12. The van der Waals surface area contributed by atoms with Crippen LogP contribution in [0.1, 0.15) is 11.5 Å². The number of nitrogens with zero attached hydrogens (tertiary/aromatic N) is 2. The normalized spacial score (nSPS) is 8.43. The van der Waals surface area contributed by atoms with Crippen molar-refractivity contribution in [2.24, 2.45) is 7.05 Å². The van der Waals surface area contributed by atoms with Crippen LogP contribution in [0.5, 0.6) is 0 Å². The predicted octanol–water partition coefficient (Wildman–Crippen LogP) is 2.82. The third kappa shape index (κ3) is 3.90. The molecule has 0 bridgehead atoms. The molecule has 0 fully saturated rings. The van der Waals surface area contributed by atoms with Crippen molar-refractivity contribution in [2.45, 2.75) is 13.3 Å². The number of imidazole rings is 1. The van der Waals surface area contributed by atoms with Crippen molar-refractivity contribution < 1.29 is 0 Å². The summed E-state index contributed by atoms with van der Waals surface area (Å²) in [7, 11) is 2.02. The molecule has 0 aliphatic rings. The minimum Gasteiger partial charge on any atom is -0.335 e. The summed E-state index contributed by atoms with van der Waals surface area (Å²) in [6.45, 7) is 12.4. The Balaban J connectivity index is 0.000000364. The van der Waals surface area contributed by atoms with Gasteiger partial charge in [-0.25, -0.2) is 4.98 Å². The molecule has 0 N–H and O–H groups in total. The quantitative estimate of drug-likeness (QED) is 0.529. The predicted molar refractivity (Wildman–Crippen MR) is 62.2 cm³/mol. The van der Waals surface area contributed by atoms with Gasteiger partial charge in [-0.1, -0.05) is 31.4 Å². The maximum absolute atomic E-state index is 4.20. The fourth-order valence-corrected chi connectivity index (χ4v) is 0.863. The Morgan fingerprint density at radius 1 is 1.36 bits per heavy atom. The minimum absolute atomic E-state index is 0.852. The summed E-state index contributed by atoms with van der Waals surface area (Å²) in [6.07, 6.45) is 7.87. The summed E-state index contributed by atoms with van der Waals surface area (Å²) in [4.78, 5) is 4.20. The standard InChI is InChI=1S/C8H12N2.C4H6/c1-4-5-8-9-6-7(2)10(8)3;1-3-4-2/h4,6H,1,5H2,2-3H3;3-4H,1-2H2. The molecule has 0 aliphatic carbocycles. The van der Waals surface area contributed by atoms with Crippen LogP contribution in [0.3, 0.4) is 0 Å². The highest BCUT2D eigenvalue weighted by molar-refractivity contribution is 5.04. The average Bonchev–Trinajstić information content (AvgIpc) is 2.51. The number of hydrogen-bond acceptors (Lipinski definition) is 1. The molecule has 76 valence electrons. The van der Waals surface area contributed by atoms with Crippen LogP contribution in [0.2, 0.25) is 0 Å². The van der Waals surface area contributed by atoms with Crippen LogP contribution in [0.25, 0.3) is 0 Å². The van der Waals surface area contributed by atoms with Crippen molar-refractivity contribution in [2.75, 3.05) is 0 Å². The van der Waals surface area contributed by atoms with Crippen LogP contribution in [0.4, 0.5) is 0 Å². The Morgan fingerprint density at radius 2 is 1.93 bits per heavy atom. The second-order valence-electron chi connectivity index (χ2n) is 2.84. The monoisotopic (exact) mass is 190 g/mol. The molecule has 0 unspecified atom stereocenters. The minimum atomic E-state index is 0.852. The van der Waals surface area contributed by atoms with Crippen LogP contribution < -0.4 is 0 Å². The van der Waals surface area contributed by atoms with E-state index in [1.54, 1.807) is 12.2 Å². The molecule has 1 aromatic rings. The van der Waals surface area contributed by atoms with Crippen LogP contribution in [0.15, 0.2) is 44.2 Å². The van der Waals surface area contributed by atoms with Gasteiger partial charge in [0.2, 0.25) is 0 Å². The van der Waals surface area contributed by atoms with Crippen LogP contribution in [0, 0.1) is 6.92 Å². The van der Waals surface area contributed by atoms with Gasteiger partial charge < -0.3 is 4.57 Å². The Hall–Kier alpha value is -1.57. The summed E-state index contributed by atoms with van der Waals surface area (Å²) in [5.41, 5.74) is 1.19. The number of allylic oxidation sites excluding steroid dienone is 3. The van der Waals surface area contributed by atoms with Crippen molar-refractivity contribution in [3.63, 3.8) is 0 Å². The van der Waals surface area contributed by atoms with Gasteiger partial charge in [-0.3, -0.25) is 0 Å². The first-order valence-electron chi connectivity index (χ1n) is 4.48. The number of aromatic nitrogens is 2. The zero-order valence-corrected chi connectivity index (χ0v) is 9.03.